The predicted octanol–water partition coefficient (Wildman–Crippen LogP) is 4.11. The Labute approximate surface area is 463 Å². The van der Waals surface area contributed by atoms with Gasteiger partial charge in [0.05, 0.1) is 49.0 Å². The average molecular weight is 1120 g/mol. The molecule has 4 amide bonds. The second-order valence-corrected chi connectivity index (χ2v) is 24.4. The van der Waals surface area contributed by atoms with Crippen LogP contribution in [0.25, 0.3) is 0 Å². The van der Waals surface area contributed by atoms with E-state index in [1.807, 2.05) is 72.8 Å². The molecule has 2 saturated heterocycles. The summed E-state index contributed by atoms with van der Waals surface area (Å²) in [4.78, 5) is 59.9. The van der Waals surface area contributed by atoms with Crippen molar-refractivity contribution in [1.82, 2.24) is 39.7 Å². The fourth-order valence-electron chi connectivity index (χ4n) is 9.93. The highest BCUT2D eigenvalue weighted by Gasteiger charge is 2.41. The lowest BCUT2D eigenvalue weighted by molar-refractivity contribution is -0.144. The van der Waals surface area contributed by atoms with E-state index in [1.165, 1.54) is 8.61 Å². The summed E-state index contributed by atoms with van der Waals surface area (Å²) in [6, 6.07) is 32.8. The van der Waals surface area contributed by atoms with Crippen LogP contribution in [-0.2, 0) is 73.0 Å². The van der Waals surface area contributed by atoms with Crippen LogP contribution in [0.15, 0.2) is 121 Å². The van der Waals surface area contributed by atoms with Crippen molar-refractivity contribution in [3.63, 3.8) is 0 Å². The third kappa shape index (κ3) is 18.0. The Balaban J connectivity index is 1.14. The van der Waals surface area contributed by atoms with Gasteiger partial charge in [-0.2, -0.15) is 8.61 Å². The SMILES string of the molecule is CN[C@@H](C)C(=O)N[C@H](C(=O)N1CCC[C@H]1CN(CCc1ccccc1)S(=O)(=O)Cc1ccccc1)[C@@H](C)OCCO[C@H](C)[C@H](NC(=O)[C@H](C)NC)C(=O)N1CCC[C@H]1CN(CCc1ccccc1)S(=O)(=O)Cc1ccccc1. The number of hydrogen-bond acceptors (Lipinski definition) is 12. The maximum Gasteiger partial charge on any atom is 0.248 e. The molecule has 0 saturated carbocycles. The molecule has 2 fully saturated rings. The van der Waals surface area contributed by atoms with E-state index in [1.54, 1.807) is 100 Å². The van der Waals surface area contributed by atoms with E-state index in [0.717, 1.165) is 11.1 Å². The number of amides is 4. The topological polar surface area (TPSA) is 216 Å². The summed E-state index contributed by atoms with van der Waals surface area (Å²) in [5, 5.41) is 11.6. The van der Waals surface area contributed by atoms with Gasteiger partial charge in [-0.3, -0.25) is 19.2 Å². The van der Waals surface area contributed by atoms with Gasteiger partial charge in [0.2, 0.25) is 43.7 Å². The number of nitrogens with one attached hydrogen (secondary N) is 4. The van der Waals surface area contributed by atoms with E-state index in [-0.39, 0.29) is 50.9 Å². The van der Waals surface area contributed by atoms with Crippen molar-refractivity contribution in [2.45, 2.75) is 126 Å². The molecule has 18 nitrogen and oxygen atoms in total. The van der Waals surface area contributed by atoms with Gasteiger partial charge in [-0.15, -0.1) is 0 Å². The second-order valence-electron chi connectivity index (χ2n) is 20.5. The van der Waals surface area contributed by atoms with Crippen LogP contribution in [0.1, 0.15) is 75.6 Å². The minimum Gasteiger partial charge on any atom is -0.373 e. The Morgan fingerprint density at radius 2 is 0.846 bits per heavy atom. The van der Waals surface area contributed by atoms with Gasteiger partial charge in [-0.25, -0.2) is 16.8 Å². The number of nitrogens with zero attached hydrogens (tertiary/aromatic N) is 4. The number of rotatable bonds is 31. The fourth-order valence-corrected chi connectivity index (χ4v) is 13.1. The lowest BCUT2D eigenvalue weighted by atomic mass is 10.1. The Morgan fingerprint density at radius 3 is 1.17 bits per heavy atom. The first-order chi connectivity index (χ1) is 37.4. The van der Waals surface area contributed by atoms with E-state index in [4.69, 9.17) is 9.47 Å². The summed E-state index contributed by atoms with van der Waals surface area (Å²) in [6.07, 6.45) is 1.58. The van der Waals surface area contributed by atoms with Crippen LogP contribution >= 0.6 is 0 Å². The molecule has 0 aromatic heterocycles. The van der Waals surface area contributed by atoms with Crippen LogP contribution in [0.3, 0.4) is 0 Å². The van der Waals surface area contributed by atoms with Crippen molar-refractivity contribution in [1.29, 1.82) is 0 Å². The highest BCUT2D eigenvalue weighted by Crippen LogP contribution is 2.26. The molecule has 0 spiro atoms. The van der Waals surface area contributed by atoms with E-state index in [2.05, 4.69) is 21.3 Å². The van der Waals surface area contributed by atoms with Crippen LogP contribution in [0.5, 0.6) is 0 Å². The third-order valence-electron chi connectivity index (χ3n) is 14.9. The zero-order valence-electron chi connectivity index (χ0n) is 46.2. The van der Waals surface area contributed by atoms with E-state index >= 15 is 0 Å². The van der Waals surface area contributed by atoms with Gasteiger partial charge < -0.3 is 40.5 Å². The maximum atomic E-state index is 14.8. The van der Waals surface area contributed by atoms with Crippen molar-refractivity contribution in [3.05, 3.63) is 144 Å². The van der Waals surface area contributed by atoms with Crippen molar-refractivity contribution < 1.29 is 45.5 Å². The summed E-state index contributed by atoms with van der Waals surface area (Å²) in [7, 11) is -4.39. The van der Waals surface area contributed by atoms with Gasteiger partial charge in [-0.05, 0) is 103 Å². The lowest BCUT2D eigenvalue weighted by Crippen LogP contribution is -2.59. The summed E-state index contributed by atoms with van der Waals surface area (Å²) >= 11 is 0. The van der Waals surface area contributed by atoms with Crippen molar-refractivity contribution in [2.75, 3.05) is 66.6 Å². The lowest BCUT2D eigenvalue weighted by Gasteiger charge is -2.35. The number of benzene rings is 4. The first-order valence-corrected chi connectivity index (χ1v) is 30.5. The molecule has 78 heavy (non-hydrogen) atoms. The number of ether oxygens (including phenoxy) is 2. The van der Waals surface area contributed by atoms with Gasteiger partial charge >= 0.3 is 0 Å². The van der Waals surface area contributed by atoms with Crippen LogP contribution in [0.2, 0.25) is 0 Å². The minimum atomic E-state index is -3.83. The third-order valence-corrected chi connectivity index (χ3v) is 18.5. The highest BCUT2D eigenvalue weighted by atomic mass is 32.2. The Morgan fingerprint density at radius 1 is 0.526 bits per heavy atom. The summed E-state index contributed by atoms with van der Waals surface area (Å²) in [6.45, 7) is 7.87. The number of carbonyl (C=O) groups is 4. The van der Waals surface area contributed by atoms with Crippen LogP contribution < -0.4 is 21.3 Å². The smallest absolute Gasteiger partial charge is 0.248 e. The fraction of sp³-hybridized carbons (Fsp3) is 0.517. The van der Waals surface area contributed by atoms with E-state index in [9.17, 15) is 36.0 Å². The van der Waals surface area contributed by atoms with Crippen molar-refractivity contribution in [2.24, 2.45) is 0 Å². The molecule has 0 unspecified atom stereocenters. The molecule has 426 valence electrons. The normalized spacial score (nSPS) is 18.3. The molecule has 4 aromatic carbocycles. The van der Waals surface area contributed by atoms with Crippen LogP contribution in [-0.4, -0.2) is 174 Å². The standard InChI is InChI=1S/C58H82N8O10S2/c1-43(59-5)55(67)61-53(57(69)65-33-19-29-51(65)39-63(35-31-47-21-11-7-12-22-47)77(71,72)41-49-25-15-9-16-26-49)45(3)75-37-38-76-46(4)54(62-56(68)44(2)60-6)58(70)66-34-20-30-52(66)40-64(36-32-48-23-13-8-14-24-48)78(73,74)42-50-27-17-10-18-28-50/h7-18,21-28,43-46,51-54,59-60H,19-20,29-42H2,1-6H3,(H,61,67)(H,62,68)/t43-,44-,45+,46+,51-,52-,53-,54-/m0/s1. The zero-order chi connectivity index (χ0) is 56.2. The molecule has 4 N–H and O–H groups in total. The quantitative estimate of drug-likeness (QED) is 0.0524. The Bertz CT molecular complexity index is 2540. The largest absolute Gasteiger partial charge is 0.373 e. The minimum absolute atomic E-state index is 0.0646. The van der Waals surface area contributed by atoms with E-state index in [0.29, 0.717) is 62.7 Å². The summed E-state index contributed by atoms with van der Waals surface area (Å²) in [5.41, 5.74) is 3.29. The average Bonchev–Trinajstić information content (AvgIpc) is 4.17. The molecule has 4 aromatic rings. The predicted molar refractivity (Wildman–Crippen MR) is 303 cm³/mol. The molecule has 0 aliphatic carbocycles. The number of likely N-dealkylation sites (N-methyl/N-ethyl adjacent to an activating group) is 2. The number of hydrogen-bond donors (Lipinski definition) is 4. The number of carbonyl (C=O) groups excluding carboxylic acids is 4. The summed E-state index contributed by atoms with van der Waals surface area (Å²) in [5.74, 6) is -2.05. The molecule has 8 atom stereocenters. The van der Waals surface area contributed by atoms with Gasteiger partial charge in [0.15, 0.2) is 0 Å². The second kappa shape index (κ2) is 30.1. The first-order valence-electron chi connectivity index (χ1n) is 27.3. The highest BCUT2D eigenvalue weighted by molar-refractivity contribution is 7.88. The van der Waals surface area contributed by atoms with Crippen molar-refractivity contribution >= 4 is 43.7 Å². The van der Waals surface area contributed by atoms with Gasteiger partial charge in [0, 0.05) is 51.4 Å². The van der Waals surface area contributed by atoms with Gasteiger partial charge in [-0.1, -0.05) is 121 Å². The monoisotopic (exact) mass is 1110 g/mol. The molecule has 0 bridgehead atoms. The first kappa shape index (κ1) is 61.6. The molecular formula is C58H82N8O10S2. The van der Waals surface area contributed by atoms with Gasteiger partial charge in [0.1, 0.15) is 12.1 Å². The molecule has 2 heterocycles. The Kier molecular flexibility index (Phi) is 23.8. The maximum absolute atomic E-state index is 14.8. The van der Waals surface area contributed by atoms with E-state index < -0.39 is 92.1 Å². The number of sulfonamides is 2. The van der Waals surface area contributed by atoms with Crippen LogP contribution in [0, 0.1) is 0 Å². The van der Waals surface area contributed by atoms with Crippen molar-refractivity contribution in [3.8, 4) is 0 Å². The molecular weight excluding hydrogens is 1030 g/mol. The van der Waals surface area contributed by atoms with Gasteiger partial charge in [0.25, 0.3) is 0 Å². The molecule has 20 heteroatoms. The molecule has 0 radical (unpaired) electrons. The molecule has 6 rings (SSSR count). The Hall–Kier alpha value is -5.58. The zero-order valence-corrected chi connectivity index (χ0v) is 47.8. The molecule has 2 aliphatic heterocycles. The summed E-state index contributed by atoms with van der Waals surface area (Å²) < 4.78 is 72.2. The van der Waals surface area contributed by atoms with Crippen LogP contribution in [0.4, 0.5) is 0 Å². The number of likely N-dealkylation sites (tertiary alicyclic amines) is 2. The molecule has 2 aliphatic rings.